The van der Waals surface area contributed by atoms with E-state index in [9.17, 15) is 19.8 Å². The third kappa shape index (κ3) is 2.11. The van der Waals surface area contributed by atoms with Gasteiger partial charge in [-0.3, -0.25) is 0 Å². The molecule has 0 aliphatic carbocycles. The van der Waals surface area contributed by atoms with Crippen LogP contribution in [0.5, 0.6) is 0 Å². The fourth-order valence-electron chi connectivity index (χ4n) is 3.01. The smallest absolute Gasteiger partial charge is 0.338 e. The Morgan fingerprint density at radius 2 is 1.73 bits per heavy atom. The number of para-hydroxylation sites is 1. The van der Waals surface area contributed by atoms with Gasteiger partial charge in [-0.25, -0.2) is 9.59 Å². The molecule has 22 heavy (non-hydrogen) atoms. The molecule has 0 radical (unpaired) electrons. The second-order valence-electron chi connectivity index (χ2n) is 5.27. The molecule has 0 spiro atoms. The van der Waals surface area contributed by atoms with E-state index in [1.165, 1.54) is 11.6 Å². The molecule has 0 saturated carbocycles. The van der Waals surface area contributed by atoms with E-state index in [4.69, 9.17) is 0 Å². The van der Waals surface area contributed by atoms with Crippen molar-refractivity contribution in [2.24, 2.45) is 0 Å². The van der Waals surface area contributed by atoms with Crippen molar-refractivity contribution in [1.82, 2.24) is 0 Å². The highest BCUT2D eigenvalue weighted by molar-refractivity contribution is 6.02. The van der Waals surface area contributed by atoms with Gasteiger partial charge in [-0.2, -0.15) is 0 Å². The highest BCUT2D eigenvalue weighted by Crippen LogP contribution is 2.37. The summed E-state index contributed by atoms with van der Waals surface area (Å²) in [5, 5.41) is 18.7. The van der Waals surface area contributed by atoms with Crippen LogP contribution in [-0.2, 0) is 6.42 Å². The minimum Gasteiger partial charge on any atom is -0.478 e. The first-order valence-corrected chi connectivity index (χ1v) is 6.96. The monoisotopic (exact) mass is 297 g/mol. The predicted molar refractivity (Wildman–Crippen MR) is 82.2 cm³/mol. The van der Waals surface area contributed by atoms with Gasteiger partial charge in [0, 0.05) is 12.2 Å². The molecule has 0 aromatic heterocycles. The summed E-state index contributed by atoms with van der Waals surface area (Å²) in [5.41, 5.74) is 3.04. The topological polar surface area (TPSA) is 77.8 Å². The maximum absolute atomic E-state index is 11.7. The summed E-state index contributed by atoms with van der Waals surface area (Å²) in [6.07, 6.45) is 0.842. The zero-order chi connectivity index (χ0) is 15.9. The molecule has 2 aromatic carbocycles. The lowest BCUT2D eigenvalue weighted by molar-refractivity contribution is 0.0696. The average molecular weight is 297 g/mol. The molecule has 2 aromatic rings. The molecule has 1 heterocycles. The Labute approximate surface area is 127 Å². The van der Waals surface area contributed by atoms with Crippen LogP contribution < -0.4 is 4.90 Å². The number of hydrogen-bond acceptors (Lipinski definition) is 3. The quantitative estimate of drug-likeness (QED) is 0.910. The Morgan fingerprint density at radius 3 is 2.41 bits per heavy atom. The third-order valence-corrected chi connectivity index (χ3v) is 4.07. The molecular weight excluding hydrogens is 282 g/mol. The molecule has 3 rings (SSSR count). The highest BCUT2D eigenvalue weighted by atomic mass is 16.4. The van der Waals surface area contributed by atoms with Crippen LogP contribution in [0.1, 0.15) is 31.8 Å². The maximum Gasteiger partial charge on any atom is 0.338 e. The summed E-state index contributed by atoms with van der Waals surface area (Å²) in [7, 11) is 0. The number of carbonyl (C=O) groups is 2. The number of anilines is 2. The standard InChI is InChI=1S/C17H15NO4/c1-10-12(16(19)20)6-7-14(15(10)17(21)22)18-9-8-11-4-2-3-5-13(11)18/h2-7H,8-9H2,1H3,(H,19,20)(H,21,22). The van der Waals surface area contributed by atoms with E-state index in [0.29, 0.717) is 12.2 Å². The second-order valence-corrected chi connectivity index (χ2v) is 5.27. The summed E-state index contributed by atoms with van der Waals surface area (Å²) in [4.78, 5) is 24.8. The van der Waals surface area contributed by atoms with E-state index in [2.05, 4.69) is 0 Å². The van der Waals surface area contributed by atoms with Crippen LogP contribution >= 0.6 is 0 Å². The van der Waals surface area contributed by atoms with E-state index < -0.39 is 11.9 Å². The highest BCUT2D eigenvalue weighted by Gasteiger charge is 2.27. The van der Waals surface area contributed by atoms with E-state index >= 15 is 0 Å². The van der Waals surface area contributed by atoms with Crippen molar-refractivity contribution < 1.29 is 19.8 Å². The van der Waals surface area contributed by atoms with Gasteiger partial charge in [0.25, 0.3) is 0 Å². The van der Waals surface area contributed by atoms with E-state index in [0.717, 1.165) is 12.1 Å². The molecule has 0 bridgehead atoms. The van der Waals surface area contributed by atoms with E-state index in [-0.39, 0.29) is 16.7 Å². The molecular formula is C17H15NO4. The Kier molecular flexibility index (Phi) is 3.33. The fourth-order valence-corrected chi connectivity index (χ4v) is 3.01. The number of nitrogens with zero attached hydrogens (tertiary/aromatic N) is 1. The molecule has 0 amide bonds. The van der Waals surface area contributed by atoms with Crippen molar-refractivity contribution in [2.75, 3.05) is 11.4 Å². The minimum absolute atomic E-state index is 0.0219. The van der Waals surface area contributed by atoms with Crippen LogP contribution in [0.4, 0.5) is 11.4 Å². The van der Waals surface area contributed by atoms with Crippen LogP contribution in [0.2, 0.25) is 0 Å². The Bertz CT molecular complexity index is 782. The number of aromatic carboxylic acids is 2. The van der Waals surface area contributed by atoms with Crippen molar-refractivity contribution in [1.29, 1.82) is 0 Å². The first kappa shape index (κ1) is 14.1. The first-order valence-electron chi connectivity index (χ1n) is 6.96. The van der Waals surface area contributed by atoms with Gasteiger partial charge in [-0.05, 0) is 42.7 Å². The van der Waals surface area contributed by atoms with Crippen LogP contribution in [0.3, 0.4) is 0 Å². The lowest BCUT2D eigenvalue weighted by Gasteiger charge is -2.23. The van der Waals surface area contributed by atoms with Gasteiger partial charge in [0.15, 0.2) is 0 Å². The van der Waals surface area contributed by atoms with Gasteiger partial charge in [-0.15, -0.1) is 0 Å². The zero-order valence-electron chi connectivity index (χ0n) is 12.0. The number of rotatable bonds is 3. The van der Waals surface area contributed by atoms with Crippen molar-refractivity contribution in [3.8, 4) is 0 Å². The van der Waals surface area contributed by atoms with Crippen LogP contribution in [0.15, 0.2) is 36.4 Å². The molecule has 5 heteroatoms. The lowest BCUT2D eigenvalue weighted by Crippen LogP contribution is -2.19. The summed E-state index contributed by atoms with van der Waals surface area (Å²) in [6.45, 7) is 2.23. The van der Waals surface area contributed by atoms with Gasteiger partial charge >= 0.3 is 11.9 Å². The molecule has 0 saturated heterocycles. The van der Waals surface area contributed by atoms with Gasteiger partial charge in [0.05, 0.1) is 16.8 Å². The molecule has 1 aliphatic rings. The van der Waals surface area contributed by atoms with E-state index in [1.54, 1.807) is 13.0 Å². The average Bonchev–Trinajstić information content (AvgIpc) is 2.89. The normalized spacial score (nSPS) is 13.0. The molecule has 5 nitrogen and oxygen atoms in total. The van der Waals surface area contributed by atoms with Gasteiger partial charge < -0.3 is 15.1 Å². The molecule has 2 N–H and O–H groups in total. The molecule has 1 aliphatic heterocycles. The molecule has 0 unspecified atom stereocenters. The second kappa shape index (κ2) is 5.18. The third-order valence-electron chi connectivity index (χ3n) is 4.07. The van der Waals surface area contributed by atoms with Crippen LogP contribution in [0.25, 0.3) is 0 Å². The maximum atomic E-state index is 11.7. The molecule has 0 fully saturated rings. The molecule has 0 atom stereocenters. The number of carboxylic acids is 2. The number of benzene rings is 2. The lowest BCUT2D eigenvalue weighted by atomic mass is 9.99. The number of hydrogen-bond donors (Lipinski definition) is 2. The first-order chi connectivity index (χ1) is 10.5. The summed E-state index contributed by atoms with van der Waals surface area (Å²) in [6, 6.07) is 10.9. The van der Waals surface area contributed by atoms with Gasteiger partial charge in [0.2, 0.25) is 0 Å². The predicted octanol–water partition coefficient (Wildman–Crippen LogP) is 3.09. The Hall–Kier alpha value is -2.82. The van der Waals surface area contributed by atoms with Crippen molar-refractivity contribution in [2.45, 2.75) is 13.3 Å². The number of fused-ring (bicyclic) bond motifs is 1. The summed E-state index contributed by atoms with van der Waals surface area (Å²) >= 11 is 0. The Balaban J connectivity index is 2.19. The van der Waals surface area contributed by atoms with Gasteiger partial charge in [-0.1, -0.05) is 18.2 Å². The fraction of sp³-hybridized carbons (Fsp3) is 0.176. The van der Waals surface area contributed by atoms with Gasteiger partial charge in [0.1, 0.15) is 0 Å². The van der Waals surface area contributed by atoms with Crippen LogP contribution in [0, 0.1) is 6.92 Å². The van der Waals surface area contributed by atoms with Crippen molar-refractivity contribution >= 4 is 23.3 Å². The van der Waals surface area contributed by atoms with E-state index in [1.807, 2.05) is 29.2 Å². The summed E-state index contributed by atoms with van der Waals surface area (Å²) < 4.78 is 0. The number of carboxylic acid groups (broad SMARTS) is 2. The Morgan fingerprint density at radius 1 is 1.00 bits per heavy atom. The van der Waals surface area contributed by atoms with Crippen LogP contribution in [-0.4, -0.2) is 28.7 Å². The van der Waals surface area contributed by atoms with Crippen molar-refractivity contribution in [3.63, 3.8) is 0 Å². The SMILES string of the molecule is Cc1c(C(=O)O)ccc(N2CCc3ccccc32)c1C(=O)O. The zero-order valence-corrected chi connectivity index (χ0v) is 12.0. The summed E-state index contributed by atoms with van der Waals surface area (Å²) in [5.74, 6) is -2.23. The largest absolute Gasteiger partial charge is 0.478 e. The minimum atomic E-state index is -1.12. The molecule has 112 valence electrons. The van der Waals surface area contributed by atoms with Crippen molar-refractivity contribution in [3.05, 3.63) is 58.7 Å².